The molecule has 1 amide bonds. The van der Waals surface area contributed by atoms with E-state index in [1.165, 1.54) is 4.90 Å². The predicted octanol–water partition coefficient (Wildman–Crippen LogP) is 2.34. The number of aromatic amines is 1. The van der Waals surface area contributed by atoms with Gasteiger partial charge in [0.1, 0.15) is 6.10 Å². The molecule has 1 aromatic carbocycles. The van der Waals surface area contributed by atoms with Crippen molar-refractivity contribution in [2.45, 2.75) is 13.0 Å². The highest BCUT2D eigenvalue weighted by atomic mass is 16.5. The van der Waals surface area contributed by atoms with Crippen molar-refractivity contribution < 1.29 is 14.3 Å². The van der Waals surface area contributed by atoms with Crippen LogP contribution < -0.4 is 4.74 Å². The molecule has 0 bridgehead atoms. The number of nitrogens with zero attached hydrogens (tertiary/aromatic N) is 2. The van der Waals surface area contributed by atoms with E-state index in [1.807, 2.05) is 43.3 Å². The number of benzene rings is 1. The molecule has 4 rings (SSSR count). The Bertz CT molecular complexity index is 957. The van der Waals surface area contributed by atoms with E-state index in [0.29, 0.717) is 24.5 Å². The van der Waals surface area contributed by atoms with Crippen LogP contribution in [0.3, 0.4) is 0 Å². The highest BCUT2D eigenvalue weighted by molar-refractivity contribution is 6.45. The molecule has 0 spiro atoms. The van der Waals surface area contributed by atoms with E-state index in [-0.39, 0.29) is 6.10 Å². The van der Waals surface area contributed by atoms with Crippen LogP contribution in [0.5, 0.6) is 5.88 Å². The summed E-state index contributed by atoms with van der Waals surface area (Å²) in [6.45, 7) is 2.68. The van der Waals surface area contributed by atoms with Crippen molar-refractivity contribution in [1.82, 2.24) is 14.9 Å². The summed E-state index contributed by atoms with van der Waals surface area (Å²) >= 11 is 0. The van der Waals surface area contributed by atoms with Crippen LogP contribution in [-0.2, 0) is 4.79 Å². The van der Waals surface area contributed by atoms with Crippen LogP contribution in [-0.4, -0.2) is 45.8 Å². The van der Waals surface area contributed by atoms with E-state index in [1.54, 1.807) is 12.3 Å². The van der Waals surface area contributed by atoms with Gasteiger partial charge in [-0.15, -0.1) is 0 Å². The number of aromatic nitrogens is 2. The summed E-state index contributed by atoms with van der Waals surface area (Å²) in [5, 5.41) is 0.762. The number of ether oxygens (including phenoxy) is 1. The normalized spacial score (nSPS) is 14.4. The standard InChI is InChI=1S/C19H17N3O3/c1-12-5-4-8-17(21-12)25-13-10-22(11-13)19(24)18(23)15-9-20-16-7-3-2-6-14(15)16/h2-9,13,20H,10-11H2,1H3. The van der Waals surface area contributed by atoms with Gasteiger partial charge in [-0.25, -0.2) is 4.98 Å². The van der Waals surface area contributed by atoms with Gasteiger partial charge in [0.2, 0.25) is 5.88 Å². The minimum atomic E-state index is -0.498. The molecule has 1 saturated heterocycles. The molecule has 1 aliphatic heterocycles. The largest absolute Gasteiger partial charge is 0.471 e. The minimum absolute atomic E-state index is 0.131. The van der Waals surface area contributed by atoms with Crippen molar-refractivity contribution in [3.8, 4) is 5.88 Å². The van der Waals surface area contributed by atoms with Crippen LogP contribution >= 0.6 is 0 Å². The Morgan fingerprint density at radius 1 is 1.16 bits per heavy atom. The molecule has 6 heteroatoms. The zero-order valence-corrected chi connectivity index (χ0v) is 13.7. The van der Waals surface area contributed by atoms with Gasteiger partial charge in [-0.2, -0.15) is 0 Å². The van der Waals surface area contributed by atoms with Crippen molar-refractivity contribution >= 4 is 22.6 Å². The van der Waals surface area contributed by atoms with Crippen LogP contribution in [0.4, 0.5) is 0 Å². The third-order valence-electron chi connectivity index (χ3n) is 4.31. The highest BCUT2D eigenvalue weighted by Crippen LogP contribution is 2.21. The monoisotopic (exact) mass is 335 g/mol. The molecule has 126 valence electrons. The van der Waals surface area contributed by atoms with Gasteiger partial charge >= 0.3 is 0 Å². The Morgan fingerprint density at radius 3 is 2.76 bits per heavy atom. The molecule has 3 aromatic rings. The summed E-state index contributed by atoms with van der Waals surface area (Å²) in [7, 11) is 0. The molecule has 25 heavy (non-hydrogen) atoms. The molecular weight excluding hydrogens is 318 g/mol. The topological polar surface area (TPSA) is 75.3 Å². The number of Topliss-reactive ketones (excluding diaryl/α,β-unsaturated/α-hetero) is 1. The first-order valence-electron chi connectivity index (χ1n) is 8.12. The first-order chi connectivity index (χ1) is 12.1. The molecule has 0 unspecified atom stereocenters. The summed E-state index contributed by atoms with van der Waals surface area (Å²) in [5.41, 5.74) is 2.12. The molecule has 0 atom stereocenters. The van der Waals surface area contributed by atoms with Gasteiger partial charge in [-0.05, 0) is 19.1 Å². The second kappa shape index (κ2) is 6.05. The number of aryl methyl sites for hydroxylation is 1. The summed E-state index contributed by atoms with van der Waals surface area (Å²) in [5.74, 6) is -0.452. The molecule has 3 heterocycles. The fraction of sp³-hybridized carbons (Fsp3) is 0.211. The molecule has 1 N–H and O–H groups in total. The van der Waals surface area contributed by atoms with E-state index in [2.05, 4.69) is 9.97 Å². The average molecular weight is 335 g/mol. The number of H-pyrrole nitrogens is 1. The van der Waals surface area contributed by atoms with Crippen LogP contribution in [0.1, 0.15) is 16.1 Å². The van der Waals surface area contributed by atoms with Gasteiger partial charge in [0.25, 0.3) is 11.7 Å². The van der Waals surface area contributed by atoms with Crippen LogP contribution in [0.15, 0.2) is 48.7 Å². The number of ketones is 1. The lowest BCUT2D eigenvalue weighted by atomic mass is 10.1. The Kier molecular flexibility index (Phi) is 3.72. The number of para-hydroxylation sites is 1. The maximum Gasteiger partial charge on any atom is 0.295 e. The lowest BCUT2D eigenvalue weighted by Gasteiger charge is -2.38. The number of rotatable bonds is 4. The molecule has 0 aliphatic carbocycles. The first-order valence-corrected chi connectivity index (χ1v) is 8.12. The second-order valence-electron chi connectivity index (χ2n) is 6.14. The Hall–Kier alpha value is -3.15. The SMILES string of the molecule is Cc1cccc(OC2CN(C(=O)C(=O)c3c[nH]c4ccccc34)C2)n1. The first kappa shape index (κ1) is 15.4. The smallest absolute Gasteiger partial charge is 0.295 e. The zero-order chi connectivity index (χ0) is 17.4. The predicted molar refractivity (Wildman–Crippen MR) is 92.6 cm³/mol. The number of fused-ring (bicyclic) bond motifs is 1. The second-order valence-corrected chi connectivity index (χ2v) is 6.14. The number of amides is 1. The Labute approximate surface area is 144 Å². The number of carbonyl (C=O) groups is 2. The van der Waals surface area contributed by atoms with E-state index in [4.69, 9.17) is 4.74 Å². The molecule has 0 saturated carbocycles. The quantitative estimate of drug-likeness (QED) is 0.586. The Morgan fingerprint density at radius 2 is 1.96 bits per heavy atom. The highest BCUT2D eigenvalue weighted by Gasteiger charge is 2.36. The van der Waals surface area contributed by atoms with Gasteiger partial charge in [-0.3, -0.25) is 9.59 Å². The van der Waals surface area contributed by atoms with E-state index in [9.17, 15) is 9.59 Å². The third kappa shape index (κ3) is 2.87. The molecule has 1 aliphatic rings. The molecular formula is C19H17N3O3. The number of hydrogen-bond donors (Lipinski definition) is 1. The van der Waals surface area contributed by atoms with Gasteiger partial charge in [0.15, 0.2) is 0 Å². The van der Waals surface area contributed by atoms with Crippen molar-refractivity contribution in [2.24, 2.45) is 0 Å². The number of carbonyl (C=O) groups excluding carboxylic acids is 2. The van der Waals surface area contributed by atoms with Crippen molar-refractivity contribution in [3.05, 3.63) is 59.9 Å². The summed E-state index contributed by atoms with van der Waals surface area (Å²) in [6, 6.07) is 13.0. The Balaban J connectivity index is 1.40. The van der Waals surface area contributed by atoms with Gasteiger partial charge in [-0.1, -0.05) is 24.3 Å². The lowest BCUT2D eigenvalue weighted by molar-refractivity contribution is -0.134. The maximum atomic E-state index is 12.5. The number of nitrogens with one attached hydrogen (secondary N) is 1. The fourth-order valence-electron chi connectivity index (χ4n) is 2.95. The number of likely N-dealkylation sites (tertiary alicyclic amines) is 1. The fourth-order valence-corrected chi connectivity index (χ4v) is 2.95. The number of hydrogen-bond acceptors (Lipinski definition) is 4. The molecule has 6 nitrogen and oxygen atoms in total. The van der Waals surface area contributed by atoms with Crippen molar-refractivity contribution in [3.63, 3.8) is 0 Å². The summed E-state index contributed by atoms with van der Waals surface area (Å²) in [4.78, 5) is 33.7. The minimum Gasteiger partial charge on any atom is -0.471 e. The summed E-state index contributed by atoms with van der Waals surface area (Å²) in [6.07, 6.45) is 1.46. The van der Waals surface area contributed by atoms with E-state index < -0.39 is 11.7 Å². The lowest BCUT2D eigenvalue weighted by Crippen LogP contribution is -2.57. The van der Waals surface area contributed by atoms with Crippen molar-refractivity contribution in [2.75, 3.05) is 13.1 Å². The zero-order valence-electron chi connectivity index (χ0n) is 13.7. The third-order valence-corrected chi connectivity index (χ3v) is 4.31. The molecule has 0 radical (unpaired) electrons. The summed E-state index contributed by atoms with van der Waals surface area (Å²) < 4.78 is 5.73. The van der Waals surface area contributed by atoms with Crippen LogP contribution in [0, 0.1) is 6.92 Å². The van der Waals surface area contributed by atoms with E-state index >= 15 is 0 Å². The van der Waals surface area contributed by atoms with Crippen LogP contribution in [0.2, 0.25) is 0 Å². The van der Waals surface area contributed by atoms with Gasteiger partial charge in [0, 0.05) is 28.9 Å². The molecule has 1 fully saturated rings. The molecule has 2 aromatic heterocycles. The number of pyridine rings is 1. The van der Waals surface area contributed by atoms with Gasteiger partial charge in [0.05, 0.1) is 18.7 Å². The van der Waals surface area contributed by atoms with Crippen molar-refractivity contribution in [1.29, 1.82) is 0 Å². The maximum absolute atomic E-state index is 12.5. The van der Waals surface area contributed by atoms with E-state index in [0.717, 1.165) is 16.6 Å². The van der Waals surface area contributed by atoms with Crippen LogP contribution in [0.25, 0.3) is 10.9 Å². The van der Waals surface area contributed by atoms with Gasteiger partial charge < -0.3 is 14.6 Å². The average Bonchev–Trinajstić information content (AvgIpc) is 3.00.